The van der Waals surface area contributed by atoms with Crippen LogP contribution in [0, 0.1) is 0 Å². The Hall–Kier alpha value is -1.82. The van der Waals surface area contributed by atoms with Gasteiger partial charge in [-0.1, -0.05) is 24.3 Å². The van der Waals surface area contributed by atoms with Crippen molar-refractivity contribution in [3.05, 3.63) is 48.3 Å². The number of ether oxygens (including phenoxy) is 2. The number of hydrogen-bond acceptors (Lipinski definition) is 5. The fourth-order valence-corrected chi connectivity index (χ4v) is 2.09. The molecule has 7 heteroatoms. The summed E-state index contributed by atoms with van der Waals surface area (Å²) in [4.78, 5) is 15.4. The van der Waals surface area contributed by atoms with Crippen molar-refractivity contribution in [2.45, 2.75) is 12.5 Å². The number of methoxy groups -OCH3 is 2. The molecule has 0 radical (unpaired) electrons. The Morgan fingerprint density at radius 3 is 2.39 bits per heavy atom. The van der Waals surface area contributed by atoms with E-state index in [4.69, 9.17) is 10.5 Å². The van der Waals surface area contributed by atoms with E-state index in [-0.39, 0.29) is 24.8 Å². The zero-order chi connectivity index (χ0) is 15.2. The van der Waals surface area contributed by atoms with Gasteiger partial charge in [0.15, 0.2) is 0 Å². The second-order valence-electron chi connectivity index (χ2n) is 4.61. The van der Waals surface area contributed by atoms with E-state index in [1.165, 1.54) is 7.11 Å². The Morgan fingerprint density at radius 2 is 1.83 bits per heavy atom. The minimum atomic E-state index is -0.642. The molecular weight excluding hydrogens is 339 g/mol. The predicted octanol–water partition coefficient (Wildman–Crippen LogP) is 2.64. The maximum absolute atomic E-state index is 11.3. The molecule has 5 nitrogen and oxygen atoms in total. The lowest BCUT2D eigenvalue weighted by atomic mass is 10.0. The van der Waals surface area contributed by atoms with Gasteiger partial charge in [-0.15, -0.1) is 24.8 Å². The van der Waals surface area contributed by atoms with E-state index in [0.717, 1.165) is 22.4 Å². The van der Waals surface area contributed by atoms with Crippen molar-refractivity contribution in [2.75, 3.05) is 14.2 Å². The first-order valence-corrected chi connectivity index (χ1v) is 6.56. The third-order valence-electron chi connectivity index (χ3n) is 3.23. The van der Waals surface area contributed by atoms with Gasteiger partial charge in [0.05, 0.1) is 20.4 Å². The van der Waals surface area contributed by atoms with Crippen molar-refractivity contribution in [3.63, 3.8) is 0 Å². The first-order chi connectivity index (χ1) is 10.2. The van der Waals surface area contributed by atoms with Crippen molar-refractivity contribution >= 4 is 30.8 Å². The molecule has 1 aromatic carbocycles. The third-order valence-corrected chi connectivity index (χ3v) is 3.23. The van der Waals surface area contributed by atoms with E-state index >= 15 is 0 Å². The fraction of sp³-hybridized carbons (Fsp3) is 0.250. The fourth-order valence-electron chi connectivity index (χ4n) is 2.09. The van der Waals surface area contributed by atoms with Gasteiger partial charge in [0, 0.05) is 11.8 Å². The molecule has 2 N–H and O–H groups in total. The Bertz CT molecular complexity index is 621. The lowest BCUT2D eigenvalue weighted by Gasteiger charge is -2.11. The minimum absolute atomic E-state index is 0. The van der Waals surface area contributed by atoms with Gasteiger partial charge in [-0.25, -0.2) is 0 Å². The molecule has 0 aliphatic carbocycles. The maximum Gasteiger partial charge on any atom is 0.322 e. The predicted molar refractivity (Wildman–Crippen MR) is 94.4 cm³/mol. The molecule has 0 amide bonds. The summed E-state index contributed by atoms with van der Waals surface area (Å²) in [5.41, 5.74) is 8.72. The number of rotatable bonds is 5. The second-order valence-corrected chi connectivity index (χ2v) is 4.61. The standard InChI is InChI=1S/C16H18N2O3.2ClH/c1-20-15-10-18-8-7-13(15)12-5-3-11(4-6-12)9-14(17)16(19)21-2;;/h3-8,10,14H,9,17H2,1-2H3;2*1H/t14-;;/m0../s1. The van der Waals surface area contributed by atoms with Crippen molar-refractivity contribution in [3.8, 4) is 16.9 Å². The molecule has 126 valence electrons. The van der Waals surface area contributed by atoms with Crippen LogP contribution in [0.15, 0.2) is 42.7 Å². The summed E-state index contributed by atoms with van der Waals surface area (Å²) in [7, 11) is 2.95. The lowest BCUT2D eigenvalue weighted by Crippen LogP contribution is -2.33. The number of pyridine rings is 1. The highest BCUT2D eigenvalue weighted by Crippen LogP contribution is 2.28. The molecule has 1 heterocycles. The normalized spacial score (nSPS) is 10.7. The van der Waals surface area contributed by atoms with Gasteiger partial charge in [0.25, 0.3) is 0 Å². The van der Waals surface area contributed by atoms with Crippen LogP contribution >= 0.6 is 24.8 Å². The Balaban J connectivity index is 0.00000242. The number of carbonyl (C=O) groups excluding carboxylic acids is 1. The van der Waals surface area contributed by atoms with E-state index < -0.39 is 12.0 Å². The molecule has 23 heavy (non-hydrogen) atoms. The summed E-state index contributed by atoms with van der Waals surface area (Å²) >= 11 is 0. The molecule has 0 aliphatic heterocycles. The largest absolute Gasteiger partial charge is 0.494 e. The molecule has 0 aliphatic rings. The third kappa shape index (κ3) is 5.39. The molecule has 0 saturated heterocycles. The number of halogens is 2. The average Bonchev–Trinajstić information content (AvgIpc) is 2.54. The molecule has 0 unspecified atom stereocenters. The molecule has 1 aromatic heterocycles. The smallest absolute Gasteiger partial charge is 0.322 e. The summed E-state index contributed by atoms with van der Waals surface area (Å²) in [6.07, 6.45) is 3.84. The van der Waals surface area contributed by atoms with Crippen LogP contribution in [0.1, 0.15) is 5.56 Å². The topological polar surface area (TPSA) is 74.4 Å². The first kappa shape index (κ1) is 21.2. The number of nitrogens with zero attached hydrogens (tertiary/aromatic N) is 1. The van der Waals surface area contributed by atoms with Crippen LogP contribution in [0.5, 0.6) is 5.75 Å². The molecule has 0 fully saturated rings. The van der Waals surface area contributed by atoms with Gasteiger partial charge in [-0.3, -0.25) is 9.78 Å². The second kappa shape index (κ2) is 10.0. The molecule has 0 spiro atoms. The summed E-state index contributed by atoms with van der Waals surface area (Å²) in [6, 6.07) is 9.08. The van der Waals surface area contributed by atoms with Crippen LogP contribution in [0.2, 0.25) is 0 Å². The van der Waals surface area contributed by atoms with Crippen LogP contribution in [0.3, 0.4) is 0 Å². The highest BCUT2D eigenvalue weighted by atomic mass is 35.5. The van der Waals surface area contributed by atoms with E-state index in [0.29, 0.717) is 6.42 Å². The van der Waals surface area contributed by atoms with Crippen LogP contribution in [0.25, 0.3) is 11.1 Å². The lowest BCUT2D eigenvalue weighted by molar-refractivity contribution is -0.142. The number of nitrogens with two attached hydrogens (primary N) is 1. The van der Waals surface area contributed by atoms with Gasteiger partial charge in [-0.2, -0.15) is 0 Å². The Kier molecular flexibility index (Phi) is 9.25. The van der Waals surface area contributed by atoms with Crippen molar-refractivity contribution in [1.29, 1.82) is 0 Å². The summed E-state index contributed by atoms with van der Waals surface area (Å²) in [6.45, 7) is 0. The highest BCUT2D eigenvalue weighted by molar-refractivity contribution is 5.85. The van der Waals surface area contributed by atoms with Crippen LogP contribution in [0.4, 0.5) is 0 Å². The van der Waals surface area contributed by atoms with Gasteiger partial charge >= 0.3 is 5.97 Å². The number of esters is 1. The number of benzene rings is 1. The minimum Gasteiger partial charge on any atom is -0.494 e. The van der Waals surface area contributed by atoms with Crippen LogP contribution in [-0.2, 0) is 16.0 Å². The molecule has 0 bridgehead atoms. The van der Waals surface area contributed by atoms with Crippen molar-refractivity contribution < 1.29 is 14.3 Å². The van der Waals surface area contributed by atoms with E-state index in [1.807, 2.05) is 30.3 Å². The van der Waals surface area contributed by atoms with Crippen LogP contribution < -0.4 is 10.5 Å². The molecule has 0 saturated carbocycles. The summed E-state index contributed by atoms with van der Waals surface area (Å²) in [5.74, 6) is 0.311. The molecule has 2 rings (SSSR count). The molecule has 1 atom stereocenters. The van der Waals surface area contributed by atoms with Gasteiger partial charge in [-0.05, 0) is 23.6 Å². The number of hydrogen-bond donors (Lipinski definition) is 1. The van der Waals surface area contributed by atoms with Crippen LogP contribution in [-0.4, -0.2) is 31.2 Å². The van der Waals surface area contributed by atoms with Crippen molar-refractivity contribution in [1.82, 2.24) is 4.98 Å². The monoisotopic (exact) mass is 358 g/mol. The first-order valence-electron chi connectivity index (χ1n) is 6.56. The summed E-state index contributed by atoms with van der Waals surface area (Å²) < 4.78 is 9.92. The van der Waals surface area contributed by atoms with E-state index in [1.54, 1.807) is 19.5 Å². The quantitative estimate of drug-likeness (QED) is 0.831. The Labute approximate surface area is 148 Å². The van der Waals surface area contributed by atoms with E-state index in [2.05, 4.69) is 9.72 Å². The van der Waals surface area contributed by atoms with Gasteiger partial charge in [0.2, 0.25) is 0 Å². The summed E-state index contributed by atoms with van der Waals surface area (Å²) in [5, 5.41) is 0. The van der Waals surface area contributed by atoms with E-state index in [9.17, 15) is 4.79 Å². The zero-order valence-electron chi connectivity index (χ0n) is 12.9. The molecular formula is C16H20Cl2N2O3. The average molecular weight is 359 g/mol. The maximum atomic E-state index is 11.3. The molecule has 2 aromatic rings. The van der Waals surface area contributed by atoms with Gasteiger partial charge in [0.1, 0.15) is 11.8 Å². The van der Waals surface area contributed by atoms with Gasteiger partial charge < -0.3 is 15.2 Å². The SMILES string of the molecule is COC(=O)[C@@H](N)Cc1ccc(-c2ccncc2OC)cc1.Cl.Cl. The number of aromatic nitrogens is 1. The Morgan fingerprint density at radius 1 is 1.17 bits per heavy atom. The number of carbonyl (C=O) groups is 1. The highest BCUT2D eigenvalue weighted by Gasteiger charge is 2.14. The van der Waals surface area contributed by atoms with Crippen molar-refractivity contribution in [2.24, 2.45) is 5.73 Å². The zero-order valence-corrected chi connectivity index (χ0v) is 14.5.